The van der Waals surface area contributed by atoms with Gasteiger partial charge in [0.2, 0.25) is 0 Å². The molecule has 7 aromatic rings. The Morgan fingerprint density at radius 1 is 0.620 bits per heavy atom. The molecule has 0 N–H and O–H groups in total. The molecule has 1 radical (unpaired) electrons. The van der Waals surface area contributed by atoms with Gasteiger partial charge >= 0.3 is 0 Å². The molecule has 50 heavy (non-hydrogen) atoms. The van der Waals surface area contributed by atoms with Crippen LogP contribution in [0.1, 0.15) is 65.5 Å². The molecular weight excluding hydrogens is 785 g/mol. The van der Waals surface area contributed by atoms with Gasteiger partial charge in [0, 0.05) is 42.5 Å². The molecule has 0 aliphatic rings. The van der Waals surface area contributed by atoms with Crippen molar-refractivity contribution in [2.24, 2.45) is 0 Å². The van der Waals surface area contributed by atoms with Crippen LogP contribution in [0.5, 0.6) is 0 Å². The summed E-state index contributed by atoms with van der Waals surface area (Å²) < 4.78 is 25.9. The number of hydrogen-bond acceptors (Lipinski definition) is 2. The van der Waals surface area contributed by atoms with Crippen LogP contribution in [0, 0.1) is 12.1 Å². The number of rotatable bonds is 7. The molecule has 1 atom stereocenters. The summed E-state index contributed by atoms with van der Waals surface area (Å²) in [4.78, 5) is 9.07. The minimum absolute atomic E-state index is 0. The molecule has 1 unspecified atom stereocenters. The largest absolute Gasteiger partial charge is 0.305 e. The molecule has 2 nitrogen and oxygen atoms in total. The molecule has 2 aromatic heterocycles. The van der Waals surface area contributed by atoms with Crippen LogP contribution in [-0.2, 0) is 31.9 Å². The Balaban J connectivity index is 0.000000201. The topological polar surface area (TPSA) is 25.8 Å². The number of aromatic nitrogens is 2. The van der Waals surface area contributed by atoms with E-state index >= 15 is 0 Å². The second-order valence-corrected chi connectivity index (χ2v) is 12.9. The van der Waals surface area contributed by atoms with Gasteiger partial charge in [0.15, 0.2) is 0 Å². The zero-order valence-corrected chi connectivity index (χ0v) is 31.2. The summed E-state index contributed by atoms with van der Waals surface area (Å²) in [6, 6.07) is 55.6. The average Bonchev–Trinajstić information content (AvgIpc) is 3.19. The van der Waals surface area contributed by atoms with Gasteiger partial charge in [-0.2, -0.15) is 0 Å². The second-order valence-electron chi connectivity index (χ2n) is 12.9. The molecule has 251 valence electrons. The van der Waals surface area contributed by atoms with Crippen molar-refractivity contribution in [2.45, 2.75) is 45.4 Å². The first kappa shape index (κ1) is 32.3. The Labute approximate surface area is 315 Å². The maximum absolute atomic E-state index is 8.78. The first-order valence-corrected chi connectivity index (χ1v) is 16.6. The maximum Gasteiger partial charge on any atom is 0.0400 e. The van der Waals surface area contributed by atoms with Crippen LogP contribution in [0.3, 0.4) is 0 Å². The molecule has 0 aliphatic heterocycles. The molecule has 2 heterocycles. The molecule has 0 fully saturated rings. The zero-order valence-electron chi connectivity index (χ0n) is 31.8. The van der Waals surface area contributed by atoms with E-state index in [4.69, 9.17) is 4.11 Å². The Morgan fingerprint density at radius 2 is 1.26 bits per heavy atom. The van der Waals surface area contributed by atoms with Crippen molar-refractivity contribution in [1.82, 2.24) is 9.97 Å². The van der Waals surface area contributed by atoms with E-state index in [2.05, 4.69) is 79.3 Å². The van der Waals surface area contributed by atoms with Crippen molar-refractivity contribution in [1.29, 1.82) is 0 Å². The van der Waals surface area contributed by atoms with Crippen LogP contribution in [0.2, 0.25) is 0 Å². The third-order valence-corrected chi connectivity index (χ3v) is 8.35. The Kier molecular flexibility index (Phi) is 11.0. The normalized spacial score (nSPS) is 13.2. The summed E-state index contributed by atoms with van der Waals surface area (Å²) in [5.74, 6) is -0.831. The van der Waals surface area contributed by atoms with Gasteiger partial charge in [-0.05, 0) is 57.1 Å². The van der Waals surface area contributed by atoms with E-state index in [9.17, 15) is 0 Å². The van der Waals surface area contributed by atoms with Gasteiger partial charge in [-0.15, -0.1) is 70.8 Å². The van der Waals surface area contributed by atoms with Crippen LogP contribution < -0.4 is 0 Å². The van der Waals surface area contributed by atoms with Gasteiger partial charge in [-0.3, -0.25) is 0 Å². The van der Waals surface area contributed by atoms with Crippen LogP contribution in [0.15, 0.2) is 164 Å². The second kappa shape index (κ2) is 17.1. The molecule has 7 rings (SSSR count). The monoisotopic (exact) mass is 830 g/mol. The van der Waals surface area contributed by atoms with E-state index in [1.165, 1.54) is 11.1 Å². The molecule has 0 saturated heterocycles. The van der Waals surface area contributed by atoms with E-state index in [0.717, 1.165) is 39.2 Å². The van der Waals surface area contributed by atoms with Gasteiger partial charge in [0.05, 0.1) is 0 Å². The van der Waals surface area contributed by atoms with Crippen molar-refractivity contribution in [3.8, 4) is 33.6 Å². The predicted octanol–water partition coefficient (Wildman–Crippen LogP) is 11.8. The van der Waals surface area contributed by atoms with Crippen molar-refractivity contribution in [3.63, 3.8) is 0 Å². The van der Waals surface area contributed by atoms with E-state index < -0.39 is 12.3 Å². The minimum Gasteiger partial charge on any atom is -0.305 e. The molecule has 0 spiro atoms. The fourth-order valence-corrected chi connectivity index (χ4v) is 5.48. The van der Waals surface area contributed by atoms with Gasteiger partial charge < -0.3 is 9.97 Å². The number of nitrogens with zero attached hydrogens (tertiary/aromatic N) is 2. The summed E-state index contributed by atoms with van der Waals surface area (Å²) >= 11 is 0. The number of hydrogen-bond donors (Lipinski definition) is 0. The molecular formula is C47H42IrN2-2. The molecule has 0 saturated carbocycles. The van der Waals surface area contributed by atoms with Crippen LogP contribution in [0.25, 0.3) is 33.6 Å². The third-order valence-electron chi connectivity index (χ3n) is 8.35. The van der Waals surface area contributed by atoms with Gasteiger partial charge in [0.1, 0.15) is 0 Å². The van der Waals surface area contributed by atoms with E-state index in [-0.39, 0.29) is 25.5 Å². The Bertz CT molecular complexity index is 2220. The van der Waals surface area contributed by atoms with Crippen LogP contribution in [0.4, 0.5) is 0 Å². The van der Waals surface area contributed by atoms with E-state index in [1.807, 2.05) is 116 Å². The van der Waals surface area contributed by atoms with Gasteiger partial charge in [-0.25, -0.2) is 0 Å². The minimum atomic E-state index is -1.57. The summed E-state index contributed by atoms with van der Waals surface area (Å²) in [6.45, 7) is 8.42. The summed E-state index contributed by atoms with van der Waals surface area (Å²) in [5.41, 5.74) is 10.1. The number of benzene rings is 5. The van der Waals surface area contributed by atoms with Crippen molar-refractivity contribution in [2.75, 3.05) is 0 Å². The van der Waals surface area contributed by atoms with Gasteiger partial charge in [-0.1, -0.05) is 137 Å². The van der Waals surface area contributed by atoms with Crippen molar-refractivity contribution >= 4 is 0 Å². The van der Waals surface area contributed by atoms with Crippen molar-refractivity contribution in [3.05, 3.63) is 204 Å². The average molecular weight is 830 g/mol. The fraction of sp³-hybridized carbons (Fsp3) is 0.149. The quantitative estimate of drug-likeness (QED) is 0.150. The predicted molar refractivity (Wildman–Crippen MR) is 204 cm³/mol. The SMILES string of the molecule is [2H]C(C)(c1ccccc1)c1ccc(-c2[c-]ccc(-c3ccccc3)c2)nc1.[2H]C([2H])(c1ccccc1)c1ccnc(-c2[c-]ccc(C(C)(C)C)c2)c1.[Ir]. The first-order valence-electron chi connectivity index (χ1n) is 18.1. The Morgan fingerprint density at radius 3 is 1.92 bits per heavy atom. The number of pyridine rings is 2. The van der Waals surface area contributed by atoms with E-state index in [0.29, 0.717) is 11.1 Å². The smallest absolute Gasteiger partial charge is 0.0400 e. The molecule has 0 aliphatic carbocycles. The summed E-state index contributed by atoms with van der Waals surface area (Å²) in [7, 11) is 0. The van der Waals surface area contributed by atoms with Crippen LogP contribution >= 0.6 is 0 Å². The molecule has 5 aromatic carbocycles. The van der Waals surface area contributed by atoms with Crippen LogP contribution in [-0.4, -0.2) is 9.97 Å². The standard InChI is InChI=1S/C25H20N.C22H22N.Ir/c1-19(20-9-4-2-5-10-20)24-15-16-25(26-18-24)23-14-8-13-22(17-23)21-11-6-3-7-12-21;1-22(2,3)20-11-7-10-19(16-20)21-15-18(12-13-23-21)14-17-8-5-4-6-9-17;/h2-13,15-19H,1H3;4-9,11-13,15-16H,14H2,1-3H3;/q2*-1;/i19D;14D2;. The van der Waals surface area contributed by atoms with E-state index in [1.54, 1.807) is 18.5 Å². The fourth-order valence-electron chi connectivity index (χ4n) is 5.48. The third kappa shape index (κ3) is 9.60. The molecule has 0 bridgehead atoms. The zero-order chi connectivity index (χ0) is 36.8. The first-order chi connectivity index (χ1) is 24.9. The maximum atomic E-state index is 8.78. The van der Waals surface area contributed by atoms with Gasteiger partial charge in [0.25, 0.3) is 0 Å². The molecule has 0 amide bonds. The van der Waals surface area contributed by atoms with Crippen molar-refractivity contribution < 1.29 is 24.2 Å². The Hall–Kier alpha value is -4.95. The summed E-state index contributed by atoms with van der Waals surface area (Å²) in [5, 5.41) is 0. The summed E-state index contributed by atoms with van der Waals surface area (Å²) in [6.07, 6.45) is 1.90. The molecule has 3 heteroatoms.